The second-order valence-electron chi connectivity index (χ2n) is 6.83. The van der Waals surface area contributed by atoms with Crippen LogP contribution in [-0.4, -0.2) is 18.9 Å². The van der Waals surface area contributed by atoms with Crippen molar-refractivity contribution in [1.29, 1.82) is 0 Å². The van der Waals surface area contributed by atoms with Gasteiger partial charge < -0.3 is 5.32 Å². The number of hydrogen-bond donors (Lipinski definition) is 2. The van der Waals surface area contributed by atoms with Gasteiger partial charge in [0, 0.05) is 24.8 Å². The molecule has 24 heavy (non-hydrogen) atoms. The molecule has 0 radical (unpaired) electrons. The van der Waals surface area contributed by atoms with Crippen molar-refractivity contribution in [2.75, 3.05) is 0 Å². The molecule has 2 N–H and O–H groups in total. The highest BCUT2D eigenvalue weighted by atomic mass is 32.2. The Hall–Kier alpha value is -1.76. The molecule has 0 saturated heterocycles. The van der Waals surface area contributed by atoms with E-state index in [9.17, 15) is 8.42 Å². The third-order valence-electron chi connectivity index (χ3n) is 3.43. The third kappa shape index (κ3) is 5.12. The molecule has 0 atom stereocenters. The van der Waals surface area contributed by atoms with Crippen LogP contribution < -0.4 is 10.0 Å². The Kier molecular flexibility index (Phi) is 5.74. The summed E-state index contributed by atoms with van der Waals surface area (Å²) in [5.74, 6) is 0. The zero-order chi connectivity index (χ0) is 17.8. The molecule has 0 fully saturated rings. The molecule has 0 saturated carbocycles. The molecule has 0 unspecified atom stereocenters. The number of sulfonamides is 1. The molecular formula is C18H25N3O2S. The van der Waals surface area contributed by atoms with Crippen molar-refractivity contribution >= 4 is 10.0 Å². The van der Waals surface area contributed by atoms with Gasteiger partial charge in [0.1, 0.15) is 0 Å². The molecule has 0 aliphatic rings. The minimum Gasteiger partial charge on any atom is -0.307 e. The first-order chi connectivity index (χ1) is 11.2. The van der Waals surface area contributed by atoms with Crippen LogP contribution in [0.5, 0.6) is 0 Å². The smallest absolute Gasteiger partial charge is 0.241 e. The zero-order valence-corrected chi connectivity index (χ0v) is 15.4. The fourth-order valence-electron chi connectivity index (χ4n) is 2.39. The van der Waals surface area contributed by atoms with Crippen LogP contribution in [0.4, 0.5) is 0 Å². The SMILES string of the molecule is Cc1cccnc1CNCc1ccccc1S(=O)(=O)NC(C)(C)C. The van der Waals surface area contributed by atoms with E-state index in [2.05, 4.69) is 15.0 Å². The van der Waals surface area contributed by atoms with Gasteiger partial charge in [-0.25, -0.2) is 13.1 Å². The molecule has 0 aliphatic carbocycles. The standard InChI is InChI=1S/C18H25N3O2S/c1-14-8-7-11-20-16(14)13-19-12-15-9-5-6-10-17(15)24(22,23)21-18(2,3)4/h5-11,19,21H,12-13H2,1-4H3. The number of rotatable bonds is 6. The maximum atomic E-state index is 12.6. The van der Waals surface area contributed by atoms with Gasteiger partial charge in [-0.15, -0.1) is 0 Å². The number of benzene rings is 1. The highest BCUT2D eigenvalue weighted by Crippen LogP contribution is 2.18. The maximum absolute atomic E-state index is 12.6. The molecule has 2 rings (SSSR count). The average molecular weight is 347 g/mol. The Bertz CT molecular complexity index is 796. The first-order valence-corrected chi connectivity index (χ1v) is 9.40. The summed E-state index contributed by atoms with van der Waals surface area (Å²) >= 11 is 0. The van der Waals surface area contributed by atoms with Crippen molar-refractivity contribution in [3.63, 3.8) is 0 Å². The van der Waals surface area contributed by atoms with E-state index >= 15 is 0 Å². The van der Waals surface area contributed by atoms with Gasteiger partial charge in [-0.2, -0.15) is 0 Å². The summed E-state index contributed by atoms with van der Waals surface area (Å²) in [5.41, 5.74) is 2.29. The third-order valence-corrected chi connectivity index (χ3v) is 5.29. The van der Waals surface area contributed by atoms with E-state index in [4.69, 9.17) is 0 Å². The summed E-state index contributed by atoms with van der Waals surface area (Å²) < 4.78 is 27.9. The van der Waals surface area contributed by atoms with Gasteiger partial charge >= 0.3 is 0 Å². The maximum Gasteiger partial charge on any atom is 0.241 e. The minimum atomic E-state index is -3.56. The lowest BCUT2D eigenvalue weighted by Gasteiger charge is -2.21. The van der Waals surface area contributed by atoms with E-state index in [1.54, 1.807) is 18.3 Å². The predicted molar refractivity (Wildman–Crippen MR) is 96.0 cm³/mol. The second-order valence-corrected chi connectivity index (χ2v) is 8.48. The van der Waals surface area contributed by atoms with Crippen molar-refractivity contribution in [3.8, 4) is 0 Å². The first-order valence-electron chi connectivity index (χ1n) is 7.92. The molecule has 0 bridgehead atoms. The molecule has 0 amide bonds. The van der Waals surface area contributed by atoms with Crippen LogP contribution in [0.2, 0.25) is 0 Å². The topological polar surface area (TPSA) is 71.1 Å². The number of hydrogen-bond acceptors (Lipinski definition) is 4. The van der Waals surface area contributed by atoms with Gasteiger partial charge in [0.2, 0.25) is 10.0 Å². The molecule has 1 heterocycles. The van der Waals surface area contributed by atoms with E-state index in [0.717, 1.165) is 16.8 Å². The van der Waals surface area contributed by atoms with Crippen molar-refractivity contribution in [3.05, 3.63) is 59.4 Å². The molecule has 130 valence electrons. The van der Waals surface area contributed by atoms with Gasteiger partial charge in [-0.05, 0) is 51.0 Å². The summed E-state index contributed by atoms with van der Waals surface area (Å²) in [5, 5.41) is 3.28. The van der Waals surface area contributed by atoms with Crippen molar-refractivity contribution in [2.24, 2.45) is 0 Å². The molecule has 6 heteroatoms. The highest BCUT2D eigenvalue weighted by molar-refractivity contribution is 7.89. The normalized spacial score (nSPS) is 12.3. The van der Waals surface area contributed by atoms with Gasteiger partial charge in [0.25, 0.3) is 0 Å². The summed E-state index contributed by atoms with van der Waals surface area (Å²) in [4.78, 5) is 4.65. The number of aryl methyl sites for hydroxylation is 1. The Morgan fingerprint density at radius 2 is 1.75 bits per heavy atom. The quantitative estimate of drug-likeness (QED) is 0.843. The van der Waals surface area contributed by atoms with Gasteiger partial charge in [0.15, 0.2) is 0 Å². The molecule has 2 aromatic rings. The van der Waals surface area contributed by atoms with Crippen LogP contribution in [0.1, 0.15) is 37.6 Å². The van der Waals surface area contributed by atoms with Crippen molar-refractivity contribution in [2.45, 2.75) is 51.2 Å². The Morgan fingerprint density at radius 1 is 1.04 bits per heavy atom. The van der Waals surface area contributed by atoms with E-state index in [1.165, 1.54) is 0 Å². The summed E-state index contributed by atoms with van der Waals surface area (Å²) in [6.45, 7) is 8.54. The average Bonchev–Trinajstić information content (AvgIpc) is 2.47. The lowest BCUT2D eigenvalue weighted by molar-refractivity contribution is 0.490. The van der Waals surface area contributed by atoms with Crippen LogP contribution in [0, 0.1) is 6.92 Å². The predicted octanol–water partition coefficient (Wildman–Crippen LogP) is 2.76. The lowest BCUT2D eigenvalue weighted by Crippen LogP contribution is -2.40. The largest absolute Gasteiger partial charge is 0.307 e. The Labute approximate surface area is 144 Å². The molecule has 0 aliphatic heterocycles. The van der Waals surface area contributed by atoms with E-state index in [1.807, 2.05) is 52.0 Å². The highest BCUT2D eigenvalue weighted by Gasteiger charge is 2.24. The van der Waals surface area contributed by atoms with E-state index < -0.39 is 15.6 Å². The van der Waals surface area contributed by atoms with E-state index in [-0.39, 0.29) is 0 Å². The van der Waals surface area contributed by atoms with Gasteiger partial charge in [-0.1, -0.05) is 24.3 Å². The molecule has 1 aromatic heterocycles. The summed E-state index contributed by atoms with van der Waals surface area (Å²) in [7, 11) is -3.56. The van der Waals surface area contributed by atoms with Crippen molar-refractivity contribution < 1.29 is 8.42 Å². The number of nitrogens with one attached hydrogen (secondary N) is 2. The fourth-order valence-corrected chi connectivity index (χ4v) is 4.05. The van der Waals surface area contributed by atoms with Gasteiger partial charge in [-0.3, -0.25) is 4.98 Å². The van der Waals surface area contributed by atoms with Crippen LogP contribution >= 0.6 is 0 Å². The Morgan fingerprint density at radius 3 is 2.42 bits per heavy atom. The number of aromatic nitrogens is 1. The Balaban J connectivity index is 2.13. The minimum absolute atomic E-state index is 0.310. The number of nitrogens with zero attached hydrogens (tertiary/aromatic N) is 1. The lowest BCUT2D eigenvalue weighted by atomic mass is 10.1. The van der Waals surface area contributed by atoms with Crippen LogP contribution in [0.25, 0.3) is 0 Å². The summed E-state index contributed by atoms with van der Waals surface area (Å²) in [6, 6.07) is 11.0. The molecule has 1 aromatic carbocycles. The van der Waals surface area contributed by atoms with Crippen LogP contribution in [0.15, 0.2) is 47.5 Å². The summed E-state index contributed by atoms with van der Waals surface area (Å²) in [6.07, 6.45) is 1.76. The van der Waals surface area contributed by atoms with Crippen molar-refractivity contribution in [1.82, 2.24) is 15.0 Å². The van der Waals surface area contributed by atoms with E-state index in [0.29, 0.717) is 18.0 Å². The monoisotopic (exact) mass is 347 g/mol. The first kappa shape index (κ1) is 18.6. The molecule has 0 spiro atoms. The number of pyridine rings is 1. The van der Waals surface area contributed by atoms with Crippen LogP contribution in [0.3, 0.4) is 0 Å². The van der Waals surface area contributed by atoms with Gasteiger partial charge in [0.05, 0.1) is 10.6 Å². The molecule has 5 nitrogen and oxygen atoms in total. The molecular weight excluding hydrogens is 322 g/mol. The zero-order valence-electron chi connectivity index (χ0n) is 14.6. The second kappa shape index (κ2) is 7.42. The van der Waals surface area contributed by atoms with Crippen LogP contribution in [-0.2, 0) is 23.1 Å². The fraction of sp³-hybridized carbons (Fsp3) is 0.389.